The van der Waals surface area contributed by atoms with Crippen LogP contribution in [0.4, 0.5) is 11.5 Å². The maximum atomic E-state index is 11.9. The Morgan fingerprint density at radius 2 is 1.82 bits per heavy atom. The standard InChI is InChI=1S/C26H22N6O/c1-32-15-22(30-25(32)18-6-7-18)16-2-4-17(5-3-16)24-27-13-11-23(31-24)29-20-8-9-21-19(14-20)10-12-28-26(21)33/h2-5,8-15,18H,6-7H2,1H3,(H,28,33)(H,27,29,31). The van der Waals surface area contributed by atoms with Crippen molar-refractivity contribution in [2.75, 3.05) is 5.32 Å². The number of rotatable bonds is 5. The zero-order chi connectivity index (χ0) is 22.4. The average molecular weight is 435 g/mol. The molecule has 0 bridgehead atoms. The van der Waals surface area contributed by atoms with Crippen molar-refractivity contribution in [1.82, 2.24) is 24.5 Å². The lowest BCUT2D eigenvalue weighted by molar-refractivity contribution is 0.799. The van der Waals surface area contributed by atoms with Crippen molar-refractivity contribution in [3.63, 3.8) is 0 Å². The first-order valence-electron chi connectivity index (χ1n) is 11.0. The van der Waals surface area contributed by atoms with Gasteiger partial charge in [-0.2, -0.15) is 0 Å². The number of aromatic amines is 1. The lowest BCUT2D eigenvalue weighted by Crippen LogP contribution is -2.04. The van der Waals surface area contributed by atoms with Gasteiger partial charge < -0.3 is 14.9 Å². The quantitative estimate of drug-likeness (QED) is 0.406. The molecule has 2 N–H and O–H groups in total. The summed E-state index contributed by atoms with van der Waals surface area (Å²) in [5.41, 5.74) is 3.78. The molecule has 162 valence electrons. The van der Waals surface area contributed by atoms with Gasteiger partial charge in [0.15, 0.2) is 5.82 Å². The molecule has 6 rings (SSSR count). The summed E-state index contributed by atoms with van der Waals surface area (Å²) in [5, 5.41) is 4.84. The van der Waals surface area contributed by atoms with Crippen LogP contribution in [-0.4, -0.2) is 24.5 Å². The molecule has 3 aromatic heterocycles. The number of benzene rings is 2. The van der Waals surface area contributed by atoms with Gasteiger partial charge in [-0.25, -0.2) is 15.0 Å². The number of nitrogens with zero attached hydrogens (tertiary/aromatic N) is 4. The van der Waals surface area contributed by atoms with E-state index in [0.717, 1.165) is 27.9 Å². The van der Waals surface area contributed by atoms with Gasteiger partial charge in [0, 0.05) is 53.8 Å². The molecule has 1 aliphatic rings. The Morgan fingerprint density at radius 1 is 1.00 bits per heavy atom. The molecular formula is C26H22N6O. The number of H-pyrrole nitrogens is 1. The zero-order valence-electron chi connectivity index (χ0n) is 18.1. The second-order valence-corrected chi connectivity index (χ2v) is 8.45. The van der Waals surface area contributed by atoms with E-state index in [1.807, 2.05) is 42.5 Å². The predicted octanol–water partition coefficient (Wildman–Crippen LogP) is 5.01. The van der Waals surface area contributed by atoms with Crippen LogP contribution in [-0.2, 0) is 7.05 Å². The maximum Gasteiger partial charge on any atom is 0.255 e. The molecular weight excluding hydrogens is 412 g/mol. The zero-order valence-corrected chi connectivity index (χ0v) is 18.1. The molecule has 0 unspecified atom stereocenters. The van der Waals surface area contributed by atoms with Gasteiger partial charge in [0.25, 0.3) is 5.56 Å². The van der Waals surface area contributed by atoms with Gasteiger partial charge in [0.05, 0.1) is 5.69 Å². The average Bonchev–Trinajstić information content (AvgIpc) is 3.61. The van der Waals surface area contributed by atoms with E-state index >= 15 is 0 Å². The highest BCUT2D eigenvalue weighted by molar-refractivity contribution is 5.85. The van der Waals surface area contributed by atoms with Crippen molar-refractivity contribution >= 4 is 22.3 Å². The number of nitrogens with one attached hydrogen (secondary N) is 2. The van der Waals surface area contributed by atoms with Crippen LogP contribution in [0.5, 0.6) is 0 Å². The largest absolute Gasteiger partial charge is 0.340 e. The van der Waals surface area contributed by atoms with Crippen molar-refractivity contribution in [2.45, 2.75) is 18.8 Å². The second-order valence-electron chi connectivity index (χ2n) is 8.45. The number of anilines is 2. The Morgan fingerprint density at radius 3 is 2.64 bits per heavy atom. The first-order valence-corrected chi connectivity index (χ1v) is 11.0. The van der Waals surface area contributed by atoms with E-state index in [2.05, 4.69) is 50.2 Å². The van der Waals surface area contributed by atoms with Crippen LogP contribution in [0, 0.1) is 0 Å². The summed E-state index contributed by atoms with van der Waals surface area (Å²) in [6, 6.07) is 17.5. The third-order valence-corrected chi connectivity index (χ3v) is 6.00. The van der Waals surface area contributed by atoms with E-state index in [4.69, 9.17) is 4.98 Å². The highest BCUT2D eigenvalue weighted by Crippen LogP contribution is 2.40. The summed E-state index contributed by atoms with van der Waals surface area (Å²) in [6.45, 7) is 0. The molecule has 7 nitrogen and oxygen atoms in total. The van der Waals surface area contributed by atoms with E-state index in [-0.39, 0.29) is 5.56 Å². The molecule has 0 radical (unpaired) electrons. The highest BCUT2D eigenvalue weighted by Gasteiger charge is 2.28. The fourth-order valence-corrected chi connectivity index (χ4v) is 4.12. The Bertz CT molecular complexity index is 1530. The fourth-order valence-electron chi connectivity index (χ4n) is 4.12. The first-order chi connectivity index (χ1) is 16.1. The minimum atomic E-state index is -0.0960. The van der Waals surface area contributed by atoms with E-state index in [0.29, 0.717) is 22.9 Å². The van der Waals surface area contributed by atoms with Gasteiger partial charge in [-0.15, -0.1) is 0 Å². The van der Waals surface area contributed by atoms with Crippen molar-refractivity contribution in [1.29, 1.82) is 0 Å². The summed E-state index contributed by atoms with van der Waals surface area (Å²) in [4.78, 5) is 28.6. The molecule has 7 heteroatoms. The van der Waals surface area contributed by atoms with Crippen LogP contribution >= 0.6 is 0 Å². The summed E-state index contributed by atoms with van der Waals surface area (Å²) >= 11 is 0. The van der Waals surface area contributed by atoms with Gasteiger partial charge >= 0.3 is 0 Å². The van der Waals surface area contributed by atoms with Gasteiger partial charge in [-0.3, -0.25) is 4.79 Å². The molecule has 0 amide bonds. The molecule has 1 aliphatic carbocycles. The van der Waals surface area contributed by atoms with Gasteiger partial charge in [0.1, 0.15) is 11.6 Å². The normalized spacial score (nSPS) is 13.4. The summed E-state index contributed by atoms with van der Waals surface area (Å²) in [6.07, 6.45) is 7.97. The van der Waals surface area contributed by atoms with Crippen LogP contribution in [0.1, 0.15) is 24.6 Å². The molecule has 5 aromatic rings. The Hall–Kier alpha value is -4.26. The lowest BCUT2D eigenvalue weighted by Gasteiger charge is -2.08. The van der Waals surface area contributed by atoms with Crippen molar-refractivity contribution in [3.8, 4) is 22.6 Å². The van der Waals surface area contributed by atoms with Crippen molar-refractivity contribution in [2.24, 2.45) is 7.05 Å². The van der Waals surface area contributed by atoms with Crippen LogP contribution in [0.2, 0.25) is 0 Å². The minimum absolute atomic E-state index is 0.0960. The summed E-state index contributed by atoms with van der Waals surface area (Å²) < 4.78 is 2.14. The minimum Gasteiger partial charge on any atom is -0.340 e. The van der Waals surface area contributed by atoms with Crippen LogP contribution < -0.4 is 10.9 Å². The molecule has 0 spiro atoms. The Kier molecular flexibility index (Phi) is 4.54. The van der Waals surface area contributed by atoms with Crippen molar-refractivity contribution in [3.05, 3.63) is 89.4 Å². The van der Waals surface area contributed by atoms with Gasteiger partial charge in [-0.1, -0.05) is 24.3 Å². The number of imidazole rings is 1. The number of fused-ring (bicyclic) bond motifs is 1. The molecule has 0 atom stereocenters. The number of aryl methyl sites for hydroxylation is 1. The summed E-state index contributed by atoms with van der Waals surface area (Å²) in [5.74, 6) is 3.12. The number of aromatic nitrogens is 5. The number of hydrogen-bond acceptors (Lipinski definition) is 5. The molecule has 1 saturated carbocycles. The SMILES string of the molecule is Cn1cc(-c2ccc(-c3nccc(Nc4ccc5c(=O)[nH]ccc5c4)n3)cc2)nc1C1CC1. The Balaban J connectivity index is 1.24. The van der Waals surface area contributed by atoms with Gasteiger partial charge in [0.2, 0.25) is 0 Å². The molecule has 1 fully saturated rings. The maximum absolute atomic E-state index is 11.9. The topological polar surface area (TPSA) is 88.5 Å². The van der Waals surface area contributed by atoms with E-state index in [1.54, 1.807) is 12.4 Å². The van der Waals surface area contributed by atoms with Gasteiger partial charge in [-0.05, 0) is 48.6 Å². The highest BCUT2D eigenvalue weighted by atomic mass is 16.1. The molecule has 3 heterocycles. The monoisotopic (exact) mass is 434 g/mol. The third-order valence-electron chi connectivity index (χ3n) is 6.00. The molecule has 2 aromatic carbocycles. The molecule has 0 aliphatic heterocycles. The first kappa shape index (κ1) is 19.4. The Labute approximate surface area is 190 Å². The lowest BCUT2D eigenvalue weighted by atomic mass is 10.1. The van der Waals surface area contributed by atoms with Crippen LogP contribution in [0.25, 0.3) is 33.4 Å². The van der Waals surface area contributed by atoms with Crippen molar-refractivity contribution < 1.29 is 0 Å². The third kappa shape index (κ3) is 3.78. The fraction of sp³-hybridized carbons (Fsp3) is 0.154. The van der Waals surface area contributed by atoms with Crippen LogP contribution in [0.3, 0.4) is 0 Å². The second kappa shape index (κ2) is 7.70. The smallest absolute Gasteiger partial charge is 0.255 e. The summed E-state index contributed by atoms with van der Waals surface area (Å²) in [7, 11) is 2.07. The number of hydrogen-bond donors (Lipinski definition) is 2. The van der Waals surface area contributed by atoms with E-state index in [1.165, 1.54) is 18.7 Å². The van der Waals surface area contributed by atoms with Crippen LogP contribution in [0.15, 0.2) is 78.0 Å². The van der Waals surface area contributed by atoms with E-state index in [9.17, 15) is 4.79 Å². The van der Waals surface area contributed by atoms with E-state index < -0.39 is 0 Å². The molecule has 33 heavy (non-hydrogen) atoms. The number of pyridine rings is 1. The predicted molar refractivity (Wildman–Crippen MR) is 129 cm³/mol. The molecule has 0 saturated heterocycles.